The van der Waals surface area contributed by atoms with Crippen LogP contribution in [0.1, 0.15) is 38.9 Å². The summed E-state index contributed by atoms with van der Waals surface area (Å²) < 4.78 is 0. The second kappa shape index (κ2) is 15.4. The Bertz CT molecular complexity index is 3470. The quantitative estimate of drug-likeness (QED) is 0.111. The van der Waals surface area contributed by atoms with Gasteiger partial charge < -0.3 is 0 Å². The number of benzene rings is 11. The van der Waals surface area contributed by atoms with Gasteiger partial charge >= 0.3 is 0 Å². The SMILES string of the molecule is Cc1ccc(C2(c3ccc(-c4c5ccccc5c(-c5ccc(C=Cc6ccc(-c7ccccc7)cc6)c6ccccc56)c5ccccc45)cc3)c3ccccc3-c3ccccc32)cc1. The van der Waals surface area contributed by atoms with Crippen molar-refractivity contribution in [2.24, 2.45) is 0 Å². The van der Waals surface area contributed by atoms with Crippen LogP contribution in [0.4, 0.5) is 0 Å². The zero-order chi connectivity index (χ0) is 42.6. The Morgan fingerprint density at radius 3 is 1.34 bits per heavy atom. The lowest BCUT2D eigenvalue weighted by molar-refractivity contribution is 0.768. The molecule has 0 amide bonds. The molecule has 0 atom stereocenters. The van der Waals surface area contributed by atoms with Crippen molar-refractivity contribution < 1.29 is 0 Å². The van der Waals surface area contributed by atoms with Crippen molar-refractivity contribution in [2.75, 3.05) is 0 Å². The van der Waals surface area contributed by atoms with Gasteiger partial charge in [-0.2, -0.15) is 0 Å². The minimum Gasteiger partial charge on any atom is -0.0622 e. The maximum atomic E-state index is 2.39. The van der Waals surface area contributed by atoms with Gasteiger partial charge in [0.15, 0.2) is 0 Å². The summed E-state index contributed by atoms with van der Waals surface area (Å²) in [5.41, 5.74) is 18.5. The molecular formula is C64H44. The van der Waals surface area contributed by atoms with Gasteiger partial charge in [-0.1, -0.05) is 254 Å². The highest BCUT2D eigenvalue weighted by atomic mass is 14.5. The Morgan fingerprint density at radius 1 is 0.297 bits per heavy atom. The van der Waals surface area contributed by atoms with Crippen LogP contribution in [0.5, 0.6) is 0 Å². The van der Waals surface area contributed by atoms with Gasteiger partial charge in [-0.25, -0.2) is 0 Å². The first-order chi connectivity index (χ1) is 31.7. The Kier molecular flexibility index (Phi) is 9.06. The van der Waals surface area contributed by atoms with Crippen molar-refractivity contribution >= 4 is 44.5 Å². The van der Waals surface area contributed by atoms with E-state index in [4.69, 9.17) is 0 Å². The van der Waals surface area contributed by atoms with E-state index in [0.717, 1.165) is 0 Å². The molecule has 0 radical (unpaired) electrons. The Labute approximate surface area is 375 Å². The number of fused-ring (bicyclic) bond motifs is 6. The van der Waals surface area contributed by atoms with Crippen molar-refractivity contribution in [2.45, 2.75) is 12.3 Å². The Balaban J connectivity index is 0.993. The van der Waals surface area contributed by atoms with Crippen LogP contribution in [0.15, 0.2) is 237 Å². The molecule has 0 spiro atoms. The molecule has 0 heteroatoms. The predicted molar refractivity (Wildman–Crippen MR) is 273 cm³/mol. The summed E-state index contributed by atoms with van der Waals surface area (Å²) in [6.07, 6.45) is 4.49. The fourth-order valence-corrected chi connectivity index (χ4v) is 10.7. The zero-order valence-corrected chi connectivity index (χ0v) is 35.7. The third kappa shape index (κ3) is 5.98. The average Bonchev–Trinajstić information content (AvgIpc) is 3.67. The molecule has 0 nitrogen and oxygen atoms in total. The zero-order valence-electron chi connectivity index (χ0n) is 35.7. The summed E-state index contributed by atoms with van der Waals surface area (Å²) in [7, 11) is 0. The molecule has 0 saturated heterocycles. The van der Waals surface area contributed by atoms with E-state index < -0.39 is 5.41 Å². The van der Waals surface area contributed by atoms with Gasteiger partial charge in [0, 0.05) is 0 Å². The van der Waals surface area contributed by atoms with Gasteiger partial charge in [0.1, 0.15) is 0 Å². The molecule has 11 aromatic rings. The summed E-state index contributed by atoms with van der Waals surface area (Å²) in [5, 5.41) is 7.49. The highest BCUT2D eigenvalue weighted by molar-refractivity contribution is 6.23. The van der Waals surface area contributed by atoms with Gasteiger partial charge in [-0.15, -0.1) is 0 Å². The number of hydrogen-bond acceptors (Lipinski definition) is 0. The first-order valence-corrected chi connectivity index (χ1v) is 22.3. The van der Waals surface area contributed by atoms with E-state index in [1.165, 1.54) is 116 Å². The molecule has 0 N–H and O–H groups in total. The highest BCUT2D eigenvalue weighted by Crippen LogP contribution is 2.56. The minimum atomic E-state index is -0.442. The summed E-state index contributed by atoms with van der Waals surface area (Å²) in [6.45, 7) is 2.17. The summed E-state index contributed by atoms with van der Waals surface area (Å²) in [4.78, 5) is 0. The molecule has 0 saturated carbocycles. The van der Waals surface area contributed by atoms with Crippen molar-refractivity contribution in [3.05, 3.63) is 276 Å². The van der Waals surface area contributed by atoms with Gasteiger partial charge in [0.2, 0.25) is 0 Å². The predicted octanol–water partition coefficient (Wildman–Crippen LogP) is 17.0. The standard InChI is InChI=1S/C64H44/c1-43-27-38-49(39-28-43)64(60-25-13-11-19-53(60)54-20-12-14-26-61(54)64)50-40-35-48(36-41-50)62-55-21-7-9-23-57(55)63(58-24-10-8-22-56(58)62)59-42-37-47(51-17-5-6-18-52(51)59)34-31-44-29-32-46(33-30-44)45-15-3-2-4-16-45/h2-42H,1H3. The van der Waals surface area contributed by atoms with Gasteiger partial charge in [0.05, 0.1) is 5.41 Å². The number of hydrogen-bond donors (Lipinski definition) is 0. The van der Waals surface area contributed by atoms with Crippen LogP contribution in [0.2, 0.25) is 0 Å². The molecular weight excluding hydrogens is 769 g/mol. The second-order valence-corrected chi connectivity index (χ2v) is 17.2. The third-order valence-corrected chi connectivity index (χ3v) is 13.7. The molecule has 0 bridgehead atoms. The Morgan fingerprint density at radius 2 is 0.750 bits per heavy atom. The molecule has 1 aliphatic rings. The van der Waals surface area contributed by atoms with E-state index in [-0.39, 0.29) is 0 Å². The van der Waals surface area contributed by atoms with Crippen LogP contribution in [0.25, 0.3) is 89.0 Å². The monoisotopic (exact) mass is 812 g/mol. The maximum absolute atomic E-state index is 2.39. The number of aryl methyl sites for hydroxylation is 1. The largest absolute Gasteiger partial charge is 0.0713 e. The van der Waals surface area contributed by atoms with Crippen LogP contribution in [-0.4, -0.2) is 0 Å². The van der Waals surface area contributed by atoms with Crippen LogP contribution < -0.4 is 0 Å². The van der Waals surface area contributed by atoms with Gasteiger partial charge in [-0.05, 0) is 117 Å². The molecule has 11 aromatic carbocycles. The molecule has 1 aliphatic carbocycles. The maximum Gasteiger partial charge on any atom is 0.0713 e. The van der Waals surface area contributed by atoms with Gasteiger partial charge in [0.25, 0.3) is 0 Å². The van der Waals surface area contributed by atoms with E-state index in [0.29, 0.717) is 0 Å². The van der Waals surface area contributed by atoms with Gasteiger partial charge in [-0.3, -0.25) is 0 Å². The van der Waals surface area contributed by atoms with E-state index in [1.54, 1.807) is 0 Å². The molecule has 0 heterocycles. The molecule has 0 fully saturated rings. The van der Waals surface area contributed by atoms with Crippen molar-refractivity contribution in [1.29, 1.82) is 0 Å². The van der Waals surface area contributed by atoms with Crippen LogP contribution >= 0.6 is 0 Å². The minimum absolute atomic E-state index is 0.442. The Hall–Kier alpha value is -8.06. The topological polar surface area (TPSA) is 0 Å². The molecule has 300 valence electrons. The second-order valence-electron chi connectivity index (χ2n) is 17.2. The fraction of sp³-hybridized carbons (Fsp3) is 0.0312. The third-order valence-electron chi connectivity index (χ3n) is 13.7. The lowest BCUT2D eigenvalue weighted by atomic mass is 9.67. The molecule has 0 aromatic heterocycles. The van der Waals surface area contributed by atoms with Crippen molar-refractivity contribution in [3.63, 3.8) is 0 Å². The van der Waals surface area contributed by atoms with E-state index in [1.807, 2.05) is 0 Å². The first kappa shape index (κ1) is 37.7. The fourth-order valence-electron chi connectivity index (χ4n) is 10.7. The van der Waals surface area contributed by atoms with E-state index in [9.17, 15) is 0 Å². The lowest BCUT2D eigenvalue weighted by Gasteiger charge is -2.34. The summed E-state index contributed by atoms with van der Waals surface area (Å²) >= 11 is 0. The van der Waals surface area contributed by atoms with E-state index >= 15 is 0 Å². The first-order valence-electron chi connectivity index (χ1n) is 22.3. The van der Waals surface area contributed by atoms with E-state index in [2.05, 4.69) is 256 Å². The summed E-state index contributed by atoms with van der Waals surface area (Å²) in [6, 6.07) is 87.6. The average molecular weight is 813 g/mol. The van der Waals surface area contributed by atoms with Crippen molar-refractivity contribution in [1.82, 2.24) is 0 Å². The molecule has 64 heavy (non-hydrogen) atoms. The van der Waals surface area contributed by atoms with Crippen LogP contribution in [0, 0.1) is 6.92 Å². The molecule has 0 aliphatic heterocycles. The van der Waals surface area contributed by atoms with Crippen LogP contribution in [0.3, 0.4) is 0 Å². The number of rotatable bonds is 7. The van der Waals surface area contributed by atoms with Crippen molar-refractivity contribution in [3.8, 4) is 44.5 Å². The highest BCUT2D eigenvalue weighted by Gasteiger charge is 2.45. The smallest absolute Gasteiger partial charge is 0.0622 e. The molecule has 12 rings (SSSR count). The normalized spacial score (nSPS) is 12.8. The lowest BCUT2D eigenvalue weighted by Crippen LogP contribution is -2.28. The summed E-state index contributed by atoms with van der Waals surface area (Å²) in [5.74, 6) is 0. The van der Waals surface area contributed by atoms with Crippen LogP contribution in [-0.2, 0) is 5.41 Å². The molecule has 0 unspecified atom stereocenters.